The molecule has 0 bridgehead atoms. The molecular weight excluding hydrogens is 366 g/mol. The second kappa shape index (κ2) is 8.35. The number of benzene rings is 3. The Labute approximate surface area is 167 Å². The van der Waals surface area contributed by atoms with E-state index in [9.17, 15) is 9.59 Å². The molecular formula is C24H17NO4. The normalized spacial score (nSPS) is 12.1. The number of ether oxygens (including phenoxy) is 1. The predicted molar refractivity (Wildman–Crippen MR) is 109 cm³/mol. The van der Waals surface area contributed by atoms with E-state index < -0.39 is 12.1 Å². The fourth-order valence-corrected chi connectivity index (χ4v) is 2.91. The lowest BCUT2D eigenvalue weighted by Crippen LogP contribution is -2.19. The number of aromatic nitrogens is 1. The van der Waals surface area contributed by atoms with Crippen LogP contribution in [0.3, 0.4) is 0 Å². The first kappa shape index (κ1) is 18.4. The van der Waals surface area contributed by atoms with Crippen LogP contribution in [0.2, 0.25) is 0 Å². The Bertz CT molecular complexity index is 1130. The number of hydrogen-bond acceptors (Lipinski definition) is 5. The second-order valence-corrected chi connectivity index (χ2v) is 6.31. The molecule has 29 heavy (non-hydrogen) atoms. The molecule has 0 saturated carbocycles. The third-order valence-corrected chi connectivity index (χ3v) is 4.31. The van der Waals surface area contributed by atoms with Crippen LogP contribution in [0.25, 0.3) is 17.2 Å². The first-order valence-corrected chi connectivity index (χ1v) is 9.09. The van der Waals surface area contributed by atoms with Gasteiger partial charge in [-0.05, 0) is 12.1 Å². The van der Waals surface area contributed by atoms with Gasteiger partial charge >= 0.3 is 5.97 Å². The molecule has 142 valence electrons. The molecule has 1 aromatic heterocycles. The Morgan fingerprint density at radius 2 is 1.52 bits per heavy atom. The van der Waals surface area contributed by atoms with Crippen LogP contribution in [0.5, 0.6) is 0 Å². The number of carbonyl (C=O) groups excluding carboxylic acids is 2. The van der Waals surface area contributed by atoms with Crippen molar-refractivity contribution in [2.75, 3.05) is 0 Å². The Balaban J connectivity index is 1.55. The molecule has 4 rings (SSSR count). The zero-order chi connectivity index (χ0) is 20.1. The number of hydrogen-bond donors (Lipinski definition) is 0. The third-order valence-electron chi connectivity index (χ3n) is 4.31. The van der Waals surface area contributed by atoms with Crippen molar-refractivity contribution in [3.05, 3.63) is 108 Å². The summed E-state index contributed by atoms with van der Waals surface area (Å²) < 4.78 is 11.1. The molecule has 3 aromatic carbocycles. The standard InChI is InChI=1S/C24H17NO4/c26-22(16-15-21-25-19-13-7-8-14-20(19)28-21)29-24(18-11-5-2-6-12-18)23(27)17-9-3-1-4-10-17/h1-16,24H. The van der Waals surface area contributed by atoms with Crippen molar-refractivity contribution in [1.82, 2.24) is 4.98 Å². The minimum Gasteiger partial charge on any atom is -0.446 e. The van der Waals surface area contributed by atoms with Crippen LogP contribution in [0, 0.1) is 0 Å². The Hall–Kier alpha value is -3.99. The maximum absolute atomic E-state index is 12.9. The lowest BCUT2D eigenvalue weighted by molar-refractivity contribution is -0.141. The van der Waals surface area contributed by atoms with Crippen molar-refractivity contribution < 1.29 is 18.7 Å². The molecule has 0 fully saturated rings. The van der Waals surface area contributed by atoms with E-state index >= 15 is 0 Å². The highest BCUT2D eigenvalue weighted by Gasteiger charge is 2.25. The minimum absolute atomic E-state index is 0.286. The molecule has 0 N–H and O–H groups in total. The second-order valence-electron chi connectivity index (χ2n) is 6.31. The van der Waals surface area contributed by atoms with E-state index in [1.807, 2.05) is 30.3 Å². The van der Waals surface area contributed by atoms with E-state index in [2.05, 4.69) is 4.98 Å². The first-order chi connectivity index (χ1) is 14.2. The van der Waals surface area contributed by atoms with E-state index in [1.165, 1.54) is 12.2 Å². The summed E-state index contributed by atoms with van der Waals surface area (Å²) in [4.78, 5) is 29.6. The van der Waals surface area contributed by atoms with Crippen molar-refractivity contribution in [3.63, 3.8) is 0 Å². The fraction of sp³-hybridized carbons (Fsp3) is 0.0417. The monoisotopic (exact) mass is 383 g/mol. The number of para-hydroxylation sites is 2. The molecule has 0 spiro atoms. The van der Waals surface area contributed by atoms with Gasteiger partial charge in [-0.3, -0.25) is 4.79 Å². The molecule has 0 radical (unpaired) electrons. The van der Waals surface area contributed by atoms with Crippen molar-refractivity contribution in [1.29, 1.82) is 0 Å². The number of carbonyl (C=O) groups is 2. The molecule has 0 aliphatic heterocycles. The summed E-state index contributed by atoms with van der Waals surface area (Å²) in [6.45, 7) is 0. The summed E-state index contributed by atoms with van der Waals surface area (Å²) in [6.07, 6.45) is 1.59. The van der Waals surface area contributed by atoms with Crippen LogP contribution in [0.4, 0.5) is 0 Å². The highest BCUT2D eigenvalue weighted by Crippen LogP contribution is 2.23. The Morgan fingerprint density at radius 1 is 0.862 bits per heavy atom. The molecule has 0 aliphatic rings. The SMILES string of the molecule is O=C(C=Cc1nc2ccccc2o1)OC(C(=O)c1ccccc1)c1ccccc1. The zero-order valence-electron chi connectivity index (χ0n) is 15.4. The Morgan fingerprint density at radius 3 is 2.24 bits per heavy atom. The largest absolute Gasteiger partial charge is 0.446 e. The third kappa shape index (κ3) is 4.30. The Kier molecular flexibility index (Phi) is 5.29. The van der Waals surface area contributed by atoms with Crippen molar-refractivity contribution in [2.45, 2.75) is 6.10 Å². The number of ketones is 1. The van der Waals surface area contributed by atoms with Crippen LogP contribution in [-0.2, 0) is 9.53 Å². The van der Waals surface area contributed by atoms with Gasteiger partial charge in [0.2, 0.25) is 11.7 Å². The summed E-state index contributed by atoms with van der Waals surface area (Å²) in [5, 5.41) is 0. The highest BCUT2D eigenvalue weighted by molar-refractivity contribution is 6.01. The van der Waals surface area contributed by atoms with E-state index in [0.717, 1.165) is 0 Å². The summed E-state index contributed by atoms with van der Waals surface area (Å²) in [6, 6.07) is 25.0. The van der Waals surface area contributed by atoms with Gasteiger partial charge in [0.05, 0.1) is 0 Å². The summed E-state index contributed by atoms with van der Waals surface area (Å²) in [5.74, 6) is -0.667. The lowest BCUT2D eigenvalue weighted by atomic mass is 10.00. The average Bonchev–Trinajstić information content (AvgIpc) is 3.20. The molecule has 4 aromatic rings. The molecule has 5 nitrogen and oxygen atoms in total. The maximum Gasteiger partial charge on any atom is 0.332 e. The van der Waals surface area contributed by atoms with Gasteiger partial charge in [-0.25, -0.2) is 9.78 Å². The number of nitrogens with zero attached hydrogens (tertiary/aromatic N) is 1. The smallest absolute Gasteiger partial charge is 0.332 e. The molecule has 5 heteroatoms. The van der Waals surface area contributed by atoms with E-state index in [1.54, 1.807) is 54.6 Å². The summed E-state index contributed by atoms with van der Waals surface area (Å²) in [5.41, 5.74) is 2.39. The summed E-state index contributed by atoms with van der Waals surface area (Å²) >= 11 is 0. The van der Waals surface area contributed by atoms with Gasteiger partial charge in [-0.2, -0.15) is 0 Å². The van der Waals surface area contributed by atoms with E-state index in [0.29, 0.717) is 22.2 Å². The fourth-order valence-electron chi connectivity index (χ4n) is 2.91. The lowest BCUT2D eigenvalue weighted by Gasteiger charge is -2.16. The van der Waals surface area contributed by atoms with Gasteiger partial charge in [0, 0.05) is 23.3 Å². The van der Waals surface area contributed by atoms with Gasteiger partial charge in [-0.15, -0.1) is 0 Å². The topological polar surface area (TPSA) is 69.4 Å². The highest BCUT2D eigenvalue weighted by atomic mass is 16.5. The first-order valence-electron chi connectivity index (χ1n) is 9.09. The molecule has 1 atom stereocenters. The number of fused-ring (bicyclic) bond motifs is 1. The van der Waals surface area contributed by atoms with Gasteiger partial charge in [0.15, 0.2) is 11.7 Å². The van der Waals surface area contributed by atoms with Gasteiger partial charge < -0.3 is 9.15 Å². The summed E-state index contributed by atoms with van der Waals surface area (Å²) in [7, 11) is 0. The van der Waals surface area contributed by atoms with Gasteiger partial charge in [0.1, 0.15) is 5.52 Å². The number of Topliss-reactive ketones (excluding diaryl/α,β-unsaturated/α-hetero) is 1. The molecule has 0 amide bonds. The predicted octanol–water partition coefficient (Wildman–Crippen LogP) is 5.01. The molecule has 1 unspecified atom stereocenters. The zero-order valence-corrected chi connectivity index (χ0v) is 15.4. The molecule has 0 aliphatic carbocycles. The molecule has 0 saturated heterocycles. The van der Waals surface area contributed by atoms with Crippen LogP contribution < -0.4 is 0 Å². The van der Waals surface area contributed by atoms with Crippen LogP contribution in [0.1, 0.15) is 27.9 Å². The van der Waals surface area contributed by atoms with Crippen molar-refractivity contribution >= 4 is 28.9 Å². The van der Waals surface area contributed by atoms with E-state index in [4.69, 9.17) is 9.15 Å². The van der Waals surface area contributed by atoms with Crippen LogP contribution in [-0.4, -0.2) is 16.7 Å². The number of esters is 1. The average molecular weight is 383 g/mol. The van der Waals surface area contributed by atoms with E-state index in [-0.39, 0.29) is 11.7 Å². The van der Waals surface area contributed by atoms with Crippen LogP contribution in [0.15, 0.2) is 95.4 Å². The number of oxazole rings is 1. The maximum atomic E-state index is 12.9. The van der Waals surface area contributed by atoms with Gasteiger partial charge in [0.25, 0.3) is 0 Å². The quantitative estimate of drug-likeness (QED) is 0.266. The van der Waals surface area contributed by atoms with Crippen LogP contribution >= 0.6 is 0 Å². The van der Waals surface area contributed by atoms with Crippen molar-refractivity contribution in [2.24, 2.45) is 0 Å². The number of rotatable bonds is 6. The molecule has 1 heterocycles. The van der Waals surface area contributed by atoms with Gasteiger partial charge in [-0.1, -0.05) is 72.8 Å². The minimum atomic E-state index is -1.04. The van der Waals surface area contributed by atoms with Crippen molar-refractivity contribution in [3.8, 4) is 0 Å².